The van der Waals surface area contributed by atoms with Crippen molar-refractivity contribution < 1.29 is 0 Å². The van der Waals surface area contributed by atoms with Crippen LogP contribution < -0.4 is 4.90 Å². The lowest BCUT2D eigenvalue weighted by Crippen LogP contribution is -2.13. The molecule has 0 amide bonds. The largest absolute Gasteiger partial charge is 0.347 e. The highest BCUT2D eigenvalue weighted by Crippen LogP contribution is 2.04. The van der Waals surface area contributed by atoms with Crippen LogP contribution >= 0.6 is 0 Å². The van der Waals surface area contributed by atoms with Crippen LogP contribution in [0.1, 0.15) is 11.4 Å². The van der Waals surface area contributed by atoms with Crippen LogP contribution in [0, 0.1) is 19.9 Å². The van der Waals surface area contributed by atoms with Gasteiger partial charge in [0.2, 0.25) is 5.95 Å². The van der Waals surface area contributed by atoms with Crippen LogP contribution in [-0.4, -0.2) is 24.1 Å². The van der Waals surface area contributed by atoms with Crippen molar-refractivity contribution >= 4 is 5.95 Å². The van der Waals surface area contributed by atoms with Crippen LogP contribution in [0.25, 0.3) is 0 Å². The van der Waals surface area contributed by atoms with Gasteiger partial charge in [0.1, 0.15) is 0 Å². The Hall–Kier alpha value is -1.12. The fourth-order valence-corrected chi connectivity index (χ4v) is 0.843. The van der Waals surface area contributed by atoms with E-state index in [9.17, 15) is 0 Å². The van der Waals surface area contributed by atoms with Crippen molar-refractivity contribution in [1.82, 2.24) is 9.97 Å². The molecule has 0 atom stereocenters. The molecule has 0 aliphatic rings. The maximum Gasteiger partial charge on any atom is 0.225 e. The molecule has 59 valence electrons. The van der Waals surface area contributed by atoms with E-state index in [4.69, 9.17) is 0 Å². The van der Waals surface area contributed by atoms with Gasteiger partial charge in [-0.25, -0.2) is 9.97 Å². The number of rotatable bonds is 1. The fraction of sp³-hybridized carbons (Fsp3) is 0.500. The van der Waals surface area contributed by atoms with E-state index in [2.05, 4.69) is 16.0 Å². The zero-order chi connectivity index (χ0) is 8.43. The van der Waals surface area contributed by atoms with Gasteiger partial charge in [-0.2, -0.15) is 0 Å². The van der Waals surface area contributed by atoms with Gasteiger partial charge in [-0.05, 0) is 13.8 Å². The standard InChI is InChI=1S/C8H12N3/c1-6-5-7(2)10-8(9-6)11(3)4/h1-4H3. The van der Waals surface area contributed by atoms with E-state index in [1.807, 2.05) is 32.8 Å². The summed E-state index contributed by atoms with van der Waals surface area (Å²) in [5.41, 5.74) is 1.78. The molecule has 0 unspecified atom stereocenters. The predicted octanol–water partition coefficient (Wildman–Crippen LogP) is 0.960. The molecule has 3 nitrogen and oxygen atoms in total. The van der Waals surface area contributed by atoms with Gasteiger partial charge in [-0.3, -0.25) is 0 Å². The molecule has 0 aliphatic carbocycles. The molecule has 0 aliphatic heterocycles. The van der Waals surface area contributed by atoms with Crippen LogP contribution in [0.4, 0.5) is 5.95 Å². The first kappa shape index (κ1) is 7.98. The Morgan fingerprint density at radius 1 is 1.09 bits per heavy atom. The summed E-state index contributed by atoms with van der Waals surface area (Å²) in [6, 6.07) is 3.02. The summed E-state index contributed by atoms with van der Waals surface area (Å²) >= 11 is 0. The van der Waals surface area contributed by atoms with E-state index >= 15 is 0 Å². The molecule has 0 fully saturated rings. The van der Waals surface area contributed by atoms with Crippen molar-refractivity contribution in [2.45, 2.75) is 13.8 Å². The first-order chi connectivity index (χ1) is 5.09. The molecular weight excluding hydrogens is 138 g/mol. The normalized spacial score (nSPS) is 9.82. The first-order valence-corrected chi connectivity index (χ1v) is 3.51. The summed E-state index contributed by atoms with van der Waals surface area (Å²) in [6.45, 7) is 3.84. The fourth-order valence-electron chi connectivity index (χ4n) is 0.843. The van der Waals surface area contributed by atoms with E-state index in [-0.39, 0.29) is 0 Å². The van der Waals surface area contributed by atoms with Crippen LogP contribution in [0.15, 0.2) is 0 Å². The molecule has 0 saturated carbocycles. The molecule has 1 rings (SSSR count). The van der Waals surface area contributed by atoms with Gasteiger partial charge in [0, 0.05) is 20.2 Å². The quantitative estimate of drug-likeness (QED) is 0.597. The molecule has 0 bridgehead atoms. The average molecular weight is 150 g/mol. The Morgan fingerprint density at radius 3 is 1.91 bits per heavy atom. The average Bonchev–Trinajstić information content (AvgIpc) is 1.85. The van der Waals surface area contributed by atoms with Gasteiger partial charge in [-0.1, -0.05) is 0 Å². The summed E-state index contributed by atoms with van der Waals surface area (Å²) in [4.78, 5) is 10.3. The van der Waals surface area contributed by atoms with Gasteiger partial charge < -0.3 is 4.90 Å². The molecule has 0 saturated heterocycles. The smallest absolute Gasteiger partial charge is 0.225 e. The Kier molecular flexibility index (Phi) is 2.08. The Morgan fingerprint density at radius 2 is 1.55 bits per heavy atom. The summed E-state index contributed by atoms with van der Waals surface area (Å²) in [6.07, 6.45) is 0. The summed E-state index contributed by atoms with van der Waals surface area (Å²) in [7, 11) is 3.85. The van der Waals surface area contributed by atoms with E-state index in [0.29, 0.717) is 0 Å². The second-order valence-electron chi connectivity index (χ2n) is 2.71. The number of aryl methyl sites for hydroxylation is 2. The number of anilines is 1. The van der Waals surface area contributed by atoms with Crippen molar-refractivity contribution in [3.8, 4) is 0 Å². The van der Waals surface area contributed by atoms with E-state index in [0.717, 1.165) is 17.3 Å². The SMILES string of the molecule is Cc1[c]c(C)nc(N(C)C)n1. The number of hydrogen-bond donors (Lipinski definition) is 0. The third kappa shape index (κ3) is 1.90. The first-order valence-electron chi connectivity index (χ1n) is 3.51. The lowest BCUT2D eigenvalue weighted by molar-refractivity contribution is 0.953. The third-order valence-electron chi connectivity index (χ3n) is 1.30. The molecule has 3 heteroatoms. The second kappa shape index (κ2) is 2.86. The van der Waals surface area contributed by atoms with Gasteiger partial charge in [0.25, 0.3) is 0 Å². The van der Waals surface area contributed by atoms with Gasteiger partial charge >= 0.3 is 0 Å². The van der Waals surface area contributed by atoms with Gasteiger partial charge in [-0.15, -0.1) is 0 Å². The Bertz CT molecular complexity index is 235. The molecule has 1 heterocycles. The molecule has 0 N–H and O–H groups in total. The van der Waals surface area contributed by atoms with Crippen LogP contribution in [0.5, 0.6) is 0 Å². The number of aromatic nitrogens is 2. The van der Waals surface area contributed by atoms with E-state index in [1.165, 1.54) is 0 Å². The number of hydrogen-bond acceptors (Lipinski definition) is 3. The topological polar surface area (TPSA) is 29.0 Å². The van der Waals surface area contributed by atoms with Gasteiger partial charge in [0.15, 0.2) is 0 Å². The maximum absolute atomic E-state index is 4.19. The van der Waals surface area contributed by atoms with Crippen molar-refractivity contribution in [3.05, 3.63) is 17.5 Å². The zero-order valence-electron chi connectivity index (χ0n) is 7.34. The van der Waals surface area contributed by atoms with Crippen LogP contribution in [-0.2, 0) is 0 Å². The molecule has 11 heavy (non-hydrogen) atoms. The third-order valence-corrected chi connectivity index (χ3v) is 1.30. The Balaban J connectivity index is 3.08. The van der Waals surface area contributed by atoms with E-state index < -0.39 is 0 Å². The van der Waals surface area contributed by atoms with Crippen molar-refractivity contribution in [3.63, 3.8) is 0 Å². The second-order valence-corrected chi connectivity index (χ2v) is 2.71. The zero-order valence-corrected chi connectivity index (χ0v) is 7.34. The minimum Gasteiger partial charge on any atom is -0.347 e. The highest BCUT2D eigenvalue weighted by Gasteiger charge is 1.99. The molecule has 1 radical (unpaired) electrons. The molecule has 1 aromatic rings. The van der Waals surface area contributed by atoms with Crippen molar-refractivity contribution in [2.75, 3.05) is 19.0 Å². The van der Waals surface area contributed by atoms with Crippen LogP contribution in [0.3, 0.4) is 0 Å². The minimum atomic E-state index is 0.749. The molecule has 0 spiro atoms. The Labute approximate surface area is 67.1 Å². The van der Waals surface area contributed by atoms with Crippen LogP contribution in [0.2, 0.25) is 0 Å². The van der Waals surface area contributed by atoms with Gasteiger partial charge in [0.05, 0.1) is 11.4 Å². The van der Waals surface area contributed by atoms with Crippen molar-refractivity contribution in [1.29, 1.82) is 0 Å². The lowest BCUT2D eigenvalue weighted by atomic mass is 10.4. The monoisotopic (exact) mass is 150 g/mol. The summed E-state index contributed by atoms with van der Waals surface area (Å²) < 4.78 is 0. The molecular formula is C8H12N3. The predicted molar refractivity (Wildman–Crippen MR) is 44.7 cm³/mol. The number of nitrogens with zero attached hydrogens (tertiary/aromatic N) is 3. The minimum absolute atomic E-state index is 0.749. The molecule has 0 aromatic carbocycles. The summed E-state index contributed by atoms with van der Waals surface area (Å²) in [5.74, 6) is 0.749. The van der Waals surface area contributed by atoms with Crippen molar-refractivity contribution in [2.24, 2.45) is 0 Å². The molecule has 1 aromatic heterocycles. The highest BCUT2D eigenvalue weighted by molar-refractivity contribution is 5.28. The summed E-state index contributed by atoms with van der Waals surface area (Å²) in [5, 5.41) is 0. The lowest BCUT2D eigenvalue weighted by Gasteiger charge is -2.10. The maximum atomic E-state index is 4.19. The van der Waals surface area contributed by atoms with E-state index in [1.54, 1.807) is 0 Å². The highest BCUT2D eigenvalue weighted by atomic mass is 15.2.